The van der Waals surface area contributed by atoms with Gasteiger partial charge in [0.1, 0.15) is 6.26 Å². The third-order valence-corrected chi connectivity index (χ3v) is 4.91. The predicted molar refractivity (Wildman–Crippen MR) is 135 cm³/mol. The molecule has 7 nitrogen and oxygen atoms in total. The Morgan fingerprint density at radius 1 is 1.10 bits per heavy atom. The first-order valence-electron chi connectivity index (χ1n) is 10.1. The maximum absolute atomic E-state index is 5.61. The van der Waals surface area contributed by atoms with Crippen molar-refractivity contribution >= 4 is 41.0 Å². The van der Waals surface area contributed by atoms with Crippen LogP contribution >= 0.6 is 24.0 Å². The Labute approximate surface area is 199 Å². The second kappa shape index (κ2) is 10.9. The van der Waals surface area contributed by atoms with Crippen LogP contribution in [0.4, 0.5) is 0 Å². The van der Waals surface area contributed by atoms with Gasteiger partial charge >= 0.3 is 0 Å². The van der Waals surface area contributed by atoms with Crippen molar-refractivity contribution in [2.24, 2.45) is 4.99 Å². The average Bonchev–Trinajstić information content (AvgIpc) is 3.41. The Balaban J connectivity index is 0.00000272. The highest BCUT2D eigenvalue weighted by molar-refractivity contribution is 14.0. The van der Waals surface area contributed by atoms with E-state index in [9.17, 15) is 0 Å². The molecule has 0 saturated carbocycles. The number of hydrogen-bond acceptors (Lipinski definition) is 4. The number of nitrogens with one attached hydrogen (secondary N) is 2. The molecule has 8 heteroatoms. The minimum atomic E-state index is 0. The molecule has 0 aliphatic rings. The molecule has 0 bridgehead atoms. The highest BCUT2D eigenvalue weighted by Gasteiger charge is 2.07. The minimum absolute atomic E-state index is 0. The number of nitrogens with zero attached hydrogens (tertiary/aromatic N) is 4. The van der Waals surface area contributed by atoms with E-state index in [1.807, 2.05) is 36.7 Å². The van der Waals surface area contributed by atoms with Gasteiger partial charge in [0.2, 0.25) is 5.89 Å². The second-order valence-electron chi connectivity index (χ2n) is 7.14. The quantitative estimate of drug-likeness (QED) is 0.161. The zero-order valence-corrected chi connectivity index (χ0v) is 20.0. The lowest BCUT2D eigenvalue weighted by molar-refractivity contribution is 0.572. The van der Waals surface area contributed by atoms with E-state index in [1.54, 1.807) is 13.3 Å². The number of imidazole rings is 1. The highest BCUT2D eigenvalue weighted by atomic mass is 127. The monoisotopic (exact) mass is 530 g/mol. The number of benzene rings is 2. The smallest absolute Gasteiger partial charge is 0.226 e. The van der Waals surface area contributed by atoms with Gasteiger partial charge in [0.15, 0.2) is 5.96 Å². The third-order valence-electron chi connectivity index (χ3n) is 4.91. The first-order chi connectivity index (χ1) is 14.7. The molecule has 4 aromatic rings. The van der Waals surface area contributed by atoms with Crippen molar-refractivity contribution in [3.63, 3.8) is 0 Å². The number of para-hydroxylation sites is 2. The van der Waals surface area contributed by atoms with Crippen LogP contribution in [0.5, 0.6) is 0 Å². The zero-order valence-electron chi connectivity index (χ0n) is 17.7. The van der Waals surface area contributed by atoms with Gasteiger partial charge in [-0.1, -0.05) is 29.8 Å². The Morgan fingerprint density at radius 2 is 1.90 bits per heavy atom. The van der Waals surface area contributed by atoms with E-state index in [1.165, 1.54) is 5.56 Å². The van der Waals surface area contributed by atoms with Crippen LogP contribution in [0.2, 0.25) is 0 Å². The largest absolute Gasteiger partial charge is 0.444 e. The van der Waals surface area contributed by atoms with Crippen LogP contribution in [0.15, 0.2) is 70.5 Å². The van der Waals surface area contributed by atoms with Gasteiger partial charge in [-0.05, 0) is 37.6 Å². The average molecular weight is 530 g/mol. The fourth-order valence-electron chi connectivity index (χ4n) is 3.26. The topological polar surface area (TPSA) is 80.3 Å². The van der Waals surface area contributed by atoms with E-state index in [2.05, 4.69) is 55.3 Å². The first kappa shape index (κ1) is 22.8. The zero-order chi connectivity index (χ0) is 20.8. The molecule has 0 atom stereocenters. The number of guanidine groups is 1. The Kier molecular flexibility index (Phi) is 8.05. The fraction of sp³-hybridized carbons (Fsp3) is 0.261. The van der Waals surface area contributed by atoms with Crippen molar-refractivity contribution < 1.29 is 4.42 Å². The first-order valence-corrected chi connectivity index (χ1v) is 10.1. The predicted octanol–water partition coefficient (Wildman–Crippen LogP) is 4.37. The van der Waals surface area contributed by atoms with Crippen LogP contribution in [0, 0.1) is 6.92 Å². The lowest BCUT2D eigenvalue weighted by Gasteiger charge is -2.11. The van der Waals surface area contributed by atoms with E-state index >= 15 is 0 Å². The van der Waals surface area contributed by atoms with Gasteiger partial charge < -0.3 is 19.6 Å². The Hall–Kier alpha value is -2.88. The number of hydrogen-bond donors (Lipinski definition) is 2. The van der Waals surface area contributed by atoms with Gasteiger partial charge in [-0.15, -0.1) is 24.0 Å². The molecule has 2 heterocycles. The maximum Gasteiger partial charge on any atom is 0.226 e. The standard InChI is InChI=1S/C23H26N6O.HI/c1-17-8-10-18(11-9-17)22-28-19(15-30-22)14-26-23(24-2)25-12-5-13-29-16-27-20-6-3-4-7-21(20)29;/h3-4,6-11,15-16H,5,12-14H2,1-2H3,(H2,24,25,26);1H. The van der Waals surface area contributed by atoms with E-state index in [0.717, 1.165) is 47.8 Å². The minimum Gasteiger partial charge on any atom is -0.444 e. The van der Waals surface area contributed by atoms with Gasteiger partial charge in [0.25, 0.3) is 0 Å². The summed E-state index contributed by atoms with van der Waals surface area (Å²) in [5.41, 5.74) is 5.21. The van der Waals surface area contributed by atoms with Crippen molar-refractivity contribution in [2.45, 2.75) is 26.4 Å². The summed E-state index contributed by atoms with van der Waals surface area (Å²) in [7, 11) is 1.76. The van der Waals surface area contributed by atoms with Gasteiger partial charge in [-0.25, -0.2) is 9.97 Å². The molecule has 0 amide bonds. The number of halogens is 1. The summed E-state index contributed by atoms with van der Waals surface area (Å²) in [4.78, 5) is 13.3. The molecule has 2 aromatic heterocycles. The normalized spacial score (nSPS) is 11.4. The summed E-state index contributed by atoms with van der Waals surface area (Å²) >= 11 is 0. The number of oxazole rings is 1. The van der Waals surface area contributed by atoms with Crippen LogP contribution in [0.3, 0.4) is 0 Å². The molecule has 0 radical (unpaired) electrons. The molecule has 2 N–H and O–H groups in total. The molecular weight excluding hydrogens is 503 g/mol. The molecule has 4 rings (SSSR count). The Bertz CT molecular complexity index is 1130. The second-order valence-corrected chi connectivity index (χ2v) is 7.14. The van der Waals surface area contributed by atoms with Gasteiger partial charge in [0, 0.05) is 25.7 Å². The van der Waals surface area contributed by atoms with E-state index in [0.29, 0.717) is 12.4 Å². The summed E-state index contributed by atoms with van der Waals surface area (Å²) in [6, 6.07) is 16.3. The molecule has 162 valence electrons. The van der Waals surface area contributed by atoms with Gasteiger partial charge in [0.05, 0.1) is 29.6 Å². The molecule has 31 heavy (non-hydrogen) atoms. The summed E-state index contributed by atoms with van der Waals surface area (Å²) in [5.74, 6) is 1.37. The van der Waals surface area contributed by atoms with Crippen molar-refractivity contribution in [1.82, 2.24) is 25.2 Å². The van der Waals surface area contributed by atoms with Crippen molar-refractivity contribution in [3.8, 4) is 11.5 Å². The molecule has 0 unspecified atom stereocenters. The molecular formula is C23H27IN6O. The van der Waals surface area contributed by atoms with Crippen LogP contribution in [-0.4, -0.2) is 34.1 Å². The summed E-state index contributed by atoms with van der Waals surface area (Å²) in [5, 5.41) is 6.62. The molecule has 0 fully saturated rings. The van der Waals surface area contributed by atoms with Gasteiger partial charge in [-0.2, -0.15) is 0 Å². The van der Waals surface area contributed by atoms with Crippen LogP contribution < -0.4 is 10.6 Å². The number of aryl methyl sites for hydroxylation is 2. The third kappa shape index (κ3) is 5.84. The van der Waals surface area contributed by atoms with Crippen LogP contribution in [0.1, 0.15) is 17.7 Å². The maximum atomic E-state index is 5.61. The Morgan fingerprint density at radius 3 is 2.71 bits per heavy atom. The summed E-state index contributed by atoms with van der Waals surface area (Å²) in [6.45, 7) is 4.31. The van der Waals surface area contributed by atoms with Gasteiger partial charge in [-0.3, -0.25) is 4.99 Å². The van der Waals surface area contributed by atoms with E-state index < -0.39 is 0 Å². The van der Waals surface area contributed by atoms with Crippen molar-refractivity contribution in [1.29, 1.82) is 0 Å². The molecule has 0 spiro atoms. The summed E-state index contributed by atoms with van der Waals surface area (Å²) in [6.07, 6.45) is 4.54. The van der Waals surface area contributed by atoms with Crippen LogP contribution in [0.25, 0.3) is 22.5 Å². The molecule has 2 aromatic carbocycles. The fourth-order valence-corrected chi connectivity index (χ4v) is 3.26. The summed E-state index contributed by atoms with van der Waals surface area (Å²) < 4.78 is 7.79. The van der Waals surface area contributed by atoms with Crippen molar-refractivity contribution in [2.75, 3.05) is 13.6 Å². The number of aromatic nitrogens is 3. The lowest BCUT2D eigenvalue weighted by Crippen LogP contribution is -2.37. The van der Waals surface area contributed by atoms with Crippen LogP contribution in [-0.2, 0) is 13.1 Å². The number of aliphatic imine (C=N–C) groups is 1. The van der Waals surface area contributed by atoms with E-state index in [4.69, 9.17) is 4.42 Å². The molecule has 0 aliphatic heterocycles. The highest BCUT2D eigenvalue weighted by Crippen LogP contribution is 2.19. The molecule has 0 aliphatic carbocycles. The SMILES string of the molecule is CN=C(NCCCn1cnc2ccccc21)NCc1coc(-c2ccc(C)cc2)n1.I. The van der Waals surface area contributed by atoms with E-state index in [-0.39, 0.29) is 24.0 Å². The van der Waals surface area contributed by atoms with Crippen molar-refractivity contribution in [3.05, 3.63) is 72.4 Å². The number of rotatable bonds is 7. The number of fused-ring (bicyclic) bond motifs is 1. The molecule has 0 saturated heterocycles. The lowest BCUT2D eigenvalue weighted by atomic mass is 10.1.